The van der Waals surface area contributed by atoms with Gasteiger partial charge in [-0.15, -0.1) is 11.8 Å². The molecule has 0 aliphatic carbocycles. The van der Waals surface area contributed by atoms with Gasteiger partial charge in [-0.25, -0.2) is 0 Å². The largest absolute Gasteiger partial charge is 0.327 e. The number of hydrogen-bond donors (Lipinski definition) is 1. The Bertz CT molecular complexity index is 502. The third-order valence-corrected chi connectivity index (χ3v) is 4.30. The monoisotopic (exact) mass is 271 g/mol. The third kappa shape index (κ3) is 4.73. The van der Waals surface area contributed by atoms with Crippen molar-refractivity contribution in [3.63, 3.8) is 0 Å². The Labute approximate surface area is 120 Å². The Kier molecular flexibility index (Phi) is 5.06. The molecule has 2 aromatic rings. The molecule has 2 N–H and O–H groups in total. The van der Waals surface area contributed by atoms with Crippen molar-refractivity contribution in [3.8, 4) is 0 Å². The van der Waals surface area contributed by atoms with Crippen LogP contribution in [0, 0.1) is 13.8 Å². The lowest BCUT2D eigenvalue weighted by Gasteiger charge is -2.11. The van der Waals surface area contributed by atoms with Crippen molar-refractivity contribution in [2.75, 3.05) is 5.75 Å². The summed E-state index contributed by atoms with van der Waals surface area (Å²) in [5, 5.41) is 0. The van der Waals surface area contributed by atoms with Crippen LogP contribution in [0.2, 0.25) is 0 Å². The second kappa shape index (κ2) is 6.78. The summed E-state index contributed by atoms with van der Waals surface area (Å²) in [7, 11) is 0. The highest BCUT2D eigenvalue weighted by Gasteiger charge is 2.05. The SMILES string of the molecule is Cc1ccc(CC(N)CSc2ccc(C)cc2)cc1. The Hall–Kier alpha value is -1.25. The van der Waals surface area contributed by atoms with Crippen molar-refractivity contribution >= 4 is 11.8 Å². The highest BCUT2D eigenvalue weighted by Crippen LogP contribution is 2.19. The number of rotatable bonds is 5. The van der Waals surface area contributed by atoms with Crippen molar-refractivity contribution in [1.82, 2.24) is 0 Å². The Morgan fingerprint density at radius 3 is 2.00 bits per heavy atom. The van der Waals surface area contributed by atoms with Gasteiger partial charge in [0.2, 0.25) is 0 Å². The lowest BCUT2D eigenvalue weighted by atomic mass is 10.1. The van der Waals surface area contributed by atoms with E-state index in [0.717, 1.165) is 12.2 Å². The van der Waals surface area contributed by atoms with E-state index in [1.165, 1.54) is 21.6 Å². The van der Waals surface area contributed by atoms with E-state index in [4.69, 9.17) is 5.73 Å². The van der Waals surface area contributed by atoms with Crippen LogP contribution in [0.3, 0.4) is 0 Å². The Morgan fingerprint density at radius 1 is 0.895 bits per heavy atom. The van der Waals surface area contributed by atoms with Gasteiger partial charge in [-0.05, 0) is 38.0 Å². The predicted octanol–water partition coefficient (Wildman–Crippen LogP) is 3.97. The topological polar surface area (TPSA) is 26.0 Å². The van der Waals surface area contributed by atoms with Crippen LogP contribution in [0.5, 0.6) is 0 Å². The predicted molar refractivity (Wildman–Crippen MR) is 84.8 cm³/mol. The van der Waals surface area contributed by atoms with Crippen LogP contribution in [-0.4, -0.2) is 11.8 Å². The maximum Gasteiger partial charge on any atom is 0.0174 e. The molecule has 0 bridgehead atoms. The maximum absolute atomic E-state index is 6.20. The number of benzene rings is 2. The number of thioether (sulfide) groups is 1. The van der Waals surface area contributed by atoms with Gasteiger partial charge in [0.15, 0.2) is 0 Å². The van der Waals surface area contributed by atoms with Crippen LogP contribution in [0.1, 0.15) is 16.7 Å². The zero-order chi connectivity index (χ0) is 13.7. The summed E-state index contributed by atoms with van der Waals surface area (Å²) in [6.45, 7) is 4.22. The van der Waals surface area contributed by atoms with E-state index < -0.39 is 0 Å². The molecule has 0 heterocycles. The quantitative estimate of drug-likeness (QED) is 0.833. The molecule has 0 aliphatic rings. The molecule has 0 amide bonds. The van der Waals surface area contributed by atoms with Crippen LogP contribution in [-0.2, 0) is 6.42 Å². The van der Waals surface area contributed by atoms with E-state index in [-0.39, 0.29) is 6.04 Å². The normalized spacial score (nSPS) is 12.4. The molecule has 2 aromatic carbocycles. The Morgan fingerprint density at radius 2 is 1.42 bits per heavy atom. The van der Waals surface area contributed by atoms with Crippen molar-refractivity contribution in [1.29, 1.82) is 0 Å². The molecule has 1 unspecified atom stereocenters. The van der Waals surface area contributed by atoms with E-state index in [1.807, 2.05) is 11.8 Å². The first-order valence-corrected chi connectivity index (χ1v) is 7.62. The maximum atomic E-state index is 6.20. The van der Waals surface area contributed by atoms with E-state index in [0.29, 0.717) is 0 Å². The van der Waals surface area contributed by atoms with Gasteiger partial charge in [0.1, 0.15) is 0 Å². The van der Waals surface area contributed by atoms with E-state index >= 15 is 0 Å². The van der Waals surface area contributed by atoms with Gasteiger partial charge < -0.3 is 5.73 Å². The molecule has 0 fully saturated rings. The highest BCUT2D eigenvalue weighted by atomic mass is 32.2. The minimum absolute atomic E-state index is 0.203. The molecule has 0 aromatic heterocycles. The van der Waals surface area contributed by atoms with Gasteiger partial charge in [-0.3, -0.25) is 0 Å². The van der Waals surface area contributed by atoms with E-state index in [2.05, 4.69) is 62.4 Å². The van der Waals surface area contributed by atoms with Crippen LogP contribution in [0.15, 0.2) is 53.4 Å². The minimum Gasteiger partial charge on any atom is -0.327 e. The number of aryl methyl sites for hydroxylation is 2. The molecule has 100 valence electrons. The molecule has 1 nitrogen and oxygen atoms in total. The van der Waals surface area contributed by atoms with Gasteiger partial charge in [-0.1, -0.05) is 47.5 Å². The molecule has 19 heavy (non-hydrogen) atoms. The van der Waals surface area contributed by atoms with E-state index in [9.17, 15) is 0 Å². The number of nitrogens with two attached hydrogens (primary N) is 1. The van der Waals surface area contributed by atoms with Gasteiger partial charge in [0.25, 0.3) is 0 Å². The van der Waals surface area contributed by atoms with Crippen LogP contribution < -0.4 is 5.73 Å². The summed E-state index contributed by atoms with van der Waals surface area (Å²) >= 11 is 1.83. The molecular formula is C17H21NS. The summed E-state index contributed by atoms with van der Waals surface area (Å²) in [6.07, 6.45) is 0.944. The average molecular weight is 271 g/mol. The summed E-state index contributed by atoms with van der Waals surface area (Å²) in [6, 6.07) is 17.5. The summed E-state index contributed by atoms with van der Waals surface area (Å²) in [5.41, 5.74) is 10.1. The fraction of sp³-hybridized carbons (Fsp3) is 0.294. The second-order valence-electron chi connectivity index (χ2n) is 5.07. The van der Waals surface area contributed by atoms with Crippen LogP contribution >= 0.6 is 11.8 Å². The highest BCUT2D eigenvalue weighted by molar-refractivity contribution is 7.99. The van der Waals surface area contributed by atoms with Crippen LogP contribution in [0.4, 0.5) is 0 Å². The number of hydrogen-bond acceptors (Lipinski definition) is 2. The van der Waals surface area contributed by atoms with Gasteiger partial charge in [0.05, 0.1) is 0 Å². The van der Waals surface area contributed by atoms with Crippen molar-refractivity contribution in [3.05, 3.63) is 65.2 Å². The first-order valence-electron chi connectivity index (χ1n) is 6.64. The molecular weight excluding hydrogens is 250 g/mol. The summed E-state index contributed by atoms with van der Waals surface area (Å²) < 4.78 is 0. The minimum atomic E-state index is 0.203. The lowest BCUT2D eigenvalue weighted by molar-refractivity contribution is 0.748. The van der Waals surface area contributed by atoms with Crippen molar-refractivity contribution in [2.45, 2.75) is 31.2 Å². The molecule has 2 heteroatoms. The fourth-order valence-electron chi connectivity index (χ4n) is 1.92. The zero-order valence-corrected chi connectivity index (χ0v) is 12.4. The fourth-order valence-corrected chi connectivity index (χ4v) is 2.78. The van der Waals surface area contributed by atoms with Gasteiger partial charge in [0, 0.05) is 16.7 Å². The zero-order valence-electron chi connectivity index (χ0n) is 11.6. The molecule has 1 atom stereocenters. The smallest absolute Gasteiger partial charge is 0.0174 e. The standard InChI is InChI=1S/C17H21NS/c1-13-3-7-15(8-4-13)11-16(18)12-19-17-9-5-14(2)6-10-17/h3-10,16H,11-12,18H2,1-2H3. The molecule has 2 rings (SSSR count). The first-order chi connectivity index (χ1) is 9.13. The molecule has 0 saturated heterocycles. The van der Waals surface area contributed by atoms with Crippen molar-refractivity contribution < 1.29 is 0 Å². The lowest BCUT2D eigenvalue weighted by Crippen LogP contribution is -2.25. The van der Waals surface area contributed by atoms with Crippen molar-refractivity contribution in [2.24, 2.45) is 5.73 Å². The van der Waals surface area contributed by atoms with E-state index in [1.54, 1.807) is 0 Å². The molecule has 0 spiro atoms. The molecule has 0 saturated carbocycles. The average Bonchev–Trinajstić information content (AvgIpc) is 2.41. The third-order valence-electron chi connectivity index (χ3n) is 3.10. The summed E-state index contributed by atoms with van der Waals surface area (Å²) in [4.78, 5) is 1.30. The van der Waals surface area contributed by atoms with Gasteiger partial charge >= 0.3 is 0 Å². The molecule has 0 radical (unpaired) electrons. The van der Waals surface area contributed by atoms with Crippen LogP contribution in [0.25, 0.3) is 0 Å². The van der Waals surface area contributed by atoms with Gasteiger partial charge in [-0.2, -0.15) is 0 Å². The molecule has 0 aliphatic heterocycles. The first kappa shape index (κ1) is 14.2. The Balaban J connectivity index is 1.82. The second-order valence-corrected chi connectivity index (χ2v) is 6.17. The summed E-state index contributed by atoms with van der Waals surface area (Å²) in [5.74, 6) is 0.955.